The van der Waals surface area contributed by atoms with E-state index in [4.69, 9.17) is 4.74 Å². The zero-order valence-electron chi connectivity index (χ0n) is 13.6. The van der Waals surface area contributed by atoms with Crippen molar-refractivity contribution in [1.29, 1.82) is 0 Å². The molecule has 0 aromatic heterocycles. The quantitative estimate of drug-likeness (QED) is 0.795. The Kier molecular flexibility index (Phi) is 4.79. The number of para-hydroxylation sites is 3. The lowest BCUT2D eigenvalue weighted by atomic mass is 10.1. The standard InChI is InChI=1S/C19H20N2O3/c1-20-16-10-5-6-11-17(16)21(14-19(20)23)18(22)12-7-13-24-15-8-3-2-4-9-15/h2-6,8-11H,7,12-14H2,1H3. The zero-order chi connectivity index (χ0) is 16.9. The molecule has 2 amide bonds. The molecule has 5 nitrogen and oxygen atoms in total. The van der Waals surface area contributed by atoms with Gasteiger partial charge < -0.3 is 14.5 Å². The van der Waals surface area contributed by atoms with Gasteiger partial charge in [-0.15, -0.1) is 0 Å². The highest BCUT2D eigenvalue weighted by Gasteiger charge is 2.29. The molecule has 3 rings (SSSR count). The van der Waals surface area contributed by atoms with Crippen LogP contribution in [-0.2, 0) is 9.59 Å². The number of hydrogen-bond donors (Lipinski definition) is 0. The minimum atomic E-state index is -0.0809. The maximum atomic E-state index is 12.5. The fourth-order valence-electron chi connectivity index (χ4n) is 2.72. The summed E-state index contributed by atoms with van der Waals surface area (Å²) >= 11 is 0. The molecule has 2 aromatic carbocycles. The summed E-state index contributed by atoms with van der Waals surface area (Å²) in [5.41, 5.74) is 1.55. The molecule has 0 fully saturated rings. The number of carbonyl (C=O) groups excluding carboxylic acids is 2. The number of likely N-dealkylation sites (N-methyl/N-ethyl adjacent to an activating group) is 1. The molecule has 0 N–H and O–H groups in total. The fourth-order valence-corrected chi connectivity index (χ4v) is 2.72. The monoisotopic (exact) mass is 324 g/mol. The number of anilines is 2. The first-order valence-corrected chi connectivity index (χ1v) is 8.00. The number of amides is 2. The average Bonchev–Trinajstić information content (AvgIpc) is 2.62. The first kappa shape index (κ1) is 16.1. The molecule has 0 radical (unpaired) electrons. The first-order valence-electron chi connectivity index (χ1n) is 8.00. The molecule has 0 unspecified atom stereocenters. The summed E-state index contributed by atoms with van der Waals surface area (Å²) in [5, 5.41) is 0. The molecule has 124 valence electrons. The molecule has 0 atom stereocenters. The van der Waals surface area contributed by atoms with Gasteiger partial charge in [-0.05, 0) is 30.7 Å². The predicted octanol–water partition coefficient (Wildman–Crippen LogP) is 2.86. The summed E-state index contributed by atoms with van der Waals surface area (Å²) in [7, 11) is 1.73. The lowest BCUT2D eigenvalue weighted by Gasteiger charge is -2.34. The summed E-state index contributed by atoms with van der Waals surface area (Å²) < 4.78 is 5.61. The topological polar surface area (TPSA) is 49.9 Å². The van der Waals surface area contributed by atoms with E-state index >= 15 is 0 Å². The van der Waals surface area contributed by atoms with Crippen LogP contribution in [0.5, 0.6) is 5.75 Å². The molecule has 1 aliphatic heterocycles. The maximum Gasteiger partial charge on any atom is 0.246 e. The van der Waals surface area contributed by atoms with Gasteiger partial charge in [0.1, 0.15) is 12.3 Å². The highest BCUT2D eigenvalue weighted by molar-refractivity contribution is 6.10. The van der Waals surface area contributed by atoms with E-state index in [1.165, 1.54) is 0 Å². The minimum Gasteiger partial charge on any atom is -0.494 e. The van der Waals surface area contributed by atoms with Gasteiger partial charge in [0.15, 0.2) is 0 Å². The molecule has 24 heavy (non-hydrogen) atoms. The Morgan fingerprint density at radius 2 is 1.71 bits per heavy atom. The Bertz CT molecular complexity index is 730. The van der Waals surface area contributed by atoms with E-state index in [1.54, 1.807) is 16.8 Å². The van der Waals surface area contributed by atoms with Crippen molar-refractivity contribution in [1.82, 2.24) is 0 Å². The second-order valence-electron chi connectivity index (χ2n) is 5.69. The third-order valence-electron chi connectivity index (χ3n) is 4.05. The molecule has 1 aliphatic rings. The van der Waals surface area contributed by atoms with E-state index in [0.29, 0.717) is 19.4 Å². The fraction of sp³-hybridized carbons (Fsp3) is 0.263. The Morgan fingerprint density at radius 1 is 1.04 bits per heavy atom. The Balaban J connectivity index is 1.59. The van der Waals surface area contributed by atoms with E-state index in [0.717, 1.165) is 17.1 Å². The average molecular weight is 324 g/mol. The largest absolute Gasteiger partial charge is 0.494 e. The van der Waals surface area contributed by atoms with Gasteiger partial charge in [-0.25, -0.2) is 0 Å². The van der Waals surface area contributed by atoms with Crippen LogP contribution in [-0.4, -0.2) is 32.0 Å². The zero-order valence-corrected chi connectivity index (χ0v) is 13.6. The first-order chi connectivity index (χ1) is 11.7. The Hall–Kier alpha value is -2.82. The number of nitrogens with zero attached hydrogens (tertiary/aromatic N) is 2. The van der Waals surface area contributed by atoms with Gasteiger partial charge in [0, 0.05) is 13.5 Å². The predicted molar refractivity (Wildman–Crippen MR) is 93.4 cm³/mol. The third-order valence-corrected chi connectivity index (χ3v) is 4.05. The van der Waals surface area contributed by atoms with E-state index in [2.05, 4.69) is 0 Å². The lowest BCUT2D eigenvalue weighted by molar-refractivity contribution is -0.122. The second-order valence-corrected chi connectivity index (χ2v) is 5.69. The molecule has 1 heterocycles. The van der Waals surface area contributed by atoms with Crippen molar-refractivity contribution in [2.24, 2.45) is 0 Å². The number of carbonyl (C=O) groups is 2. The smallest absolute Gasteiger partial charge is 0.246 e. The Labute approximate surface area is 141 Å². The molecular weight excluding hydrogens is 304 g/mol. The van der Waals surface area contributed by atoms with Crippen LogP contribution < -0.4 is 14.5 Å². The number of benzene rings is 2. The van der Waals surface area contributed by atoms with E-state index in [1.807, 2.05) is 54.6 Å². The van der Waals surface area contributed by atoms with Gasteiger partial charge >= 0.3 is 0 Å². The summed E-state index contributed by atoms with van der Waals surface area (Å²) in [5.74, 6) is 0.660. The summed E-state index contributed by atoms with van der Waals surface area (Å²) in [4.78, 5) is 27.8. The van der Waals surface area contributed by atoms with Crippen LogP contribution in [0.2, 0.25) is 0 Å². The van der Waals surface area contributed by atoms with Gasteiger partial charge in [-0.1, -0.05) is 30.3 Å². The molecular formula is C19H20N2O3. The van der Waals surface area contributed by atoms with Crippen molar-refractivity contribution >= 4 is 23.2 Å². The van der Waals surface area contributed by atoms with Crippen LogP contribution in [0.3, 0.4) is 0 Å². The van der Waals surface area contributed by atoms with Crippen molar-refractivity contribution in [3.63, 3.8) is 0 Å². The summed E-state index contributed by atoms with van der Waals surface area (Å²) in [6.45, 7) is 0.560. The minimum absolute atomic E-state index is 0.0550. The van der Waals surface area contributed by atoms with E-state index in [9.17, 15) is 9.59 Å². The number of rotatable bonds is 5. The molecule has 2 aromatic rings. The Morgan fingerprint density at radius 3 is 2.46 bits per heavy atom. The molecule has 0 aliphatic carbocycles. The number of hydrogen-bond acceptors (Lipinski definition) is 3. The van der Waals surface area contributed by atoms with Crippen molar-refractivity contribution in [3.05, 3.63) is 54.6 Å². The van der Waals surface area contributed by atoms with Gasteiger partial charge in [0.05, 0.1) is 18.0 Å². The summed E-state index contributed by atoms with van der Waals surface area (Å²) in [6, 6.07) is 17.0. The second kappa shape index (κ2) is 7.17. The van der Waals surface area contributed by atoms with E-state index in [-0.39, 0.29) is 18.4 Å². The highest BCUT2D eigenvalue weighted by atomic mass is 16.5. The van der Waals surface area contributed by atoms with Crippen molar-refractivity contribution in [2.45, 2.75) is 12.8 Å². The van der Waals surface area contributed by atoms with Crippen molar-refractivity contribution in [2.75, 3.05) is 30.0 Å². The van der Waals surface area contributed by atoms with Gasteiger partial charge in [-0.3, -0.25) is 9.59 Å². The van der Waals surface area contributed by atoms with Gasteiger partial charge in [0.25, 0.3) is 0 Å². The molecule has 0 bridgehead atoms. The molecule has 5 heteroatoms. The molecule has 0 spiro atoms. The van der Waals surface area contributed by atoms with Gasteiger partial charge in [0.2, 0.25) is 11.8 Å². The van der Waals surface area contributed by atoms with Crippen molar-refractivity contribution < 1.29 is 14.3 Å². The van der Waals surface area contributed by atoms with Gasteiger partial charge in [-0.2, -0.15) is 0 Å². The number of ether oxygens (including phenoxy) is 1. The van der Waals surface area contributed by atoms with Crippen LogP contribution in [0, 0.1) is 0 Å². The van der Waals surface area contributed by atoms with Crippen molar-refractivity contribution in [3.8, 4) is 5.75 Å². The SMILES string of the molecule is CN1C(=O)CN(C(=O)CCCOc2ccccc2)c2ccccc21. The number of fused-ring (bicyclic) bond motifs is 1. The van der Waals surface area contributed by atoms with Crippen LogP contribution in [0.4, 0.5) is 11.4 Å². The van der Waals surface area contributed by atoms with Crippen LogP contribution in [0.25, 0.3) is 0 Å². The normalized spacial score (nSPS) is 13.6. The highest BCUT2D eigenvalue weighted by Crippen LogP contribution is 2.32. The van der Waals surface area contributed by atoms with Crippen LogP contribution in [0.15, 0.2) is 54.6 Å². The molecule has 0 saturated carbocycles. The summed E-state index contributed by atoms with van der Waals surface area (Å²) in [6.07, 6.45) is 0.953. The van der Waals surface area contributed by atoms with Crippen LogP contribution in [0.1, 0.15) is 12.8 Å². The molecule has 0 saturated heterocycles. The van der Waals surface area contributed by atoms with E-state index < -0.39 is 0 Å². The third kappa shape index (κ3) is 3.40. The maximum absolute atomic E-state index is 12.5. The lowest BCUT2D eigenvalue weighted by Crippen LogP contribution is -2.46. The van der Waals surface area contributed by atoms with Crippen LogP contribution >= 0.6 is 0 Å².